The molecule has 2 heteroatoms. The van der Waals surface area contributed by atoms with Gasteiger partial charge in [0.25, 0.3) is 0 Å². The van der Waals surface area contributed by atoms with Crippen molar-refractivity contribution >= 4 is 5.97 Å². The lowest BCUT2D eigenvalue weighted by atomic mass is 9.93. The van der Waals surface area contributed by atoms with Gasteiger partial charge in [0.05, 0.1) is 0 Å². The molecule has 1 heterocycles. The van der Waals surface area contributed by atoms with Crippen LogP contribution in [0.1, 0.15) is 206 Å². The third-order valence-electron chi connectivity index (χ3n) is 8.87. The molecular weight excluding hydrogens is 512 g/mol. The third-order valence-corrected chi connectivity index (χ3v) is 8.87. The highest BCUT2D eigenvalue weighted by Gasteiger charge is 2.36. The molecule has 1 aliphatic heterocycles. The third kappa shape index (κ3) is 24.2. The minimum absolute atomic E-state index is 0.0158. The topological polar surface area (TPSA) is 26.3 Å². The molecule has 1 fully saturated rings. The summed E-state index contributed by atoms with van der Waals surface area (Å²) < 4.78 is 5.38. The number of allylic oxidation sites excluding steroid dienone is 5. The maximum Gasteiger partial charge on any atom is 0.321 e. The Balaban J connectivity index is 1.84. The van der Waals surface area contributed by atoms with Crippen LogP contribution in [0.5, 0.6) is 0 Å². The van der Waals surface area contributed by atoms with E-state index in [1.165, 1.54) is 180 Å². The van der Waals surface area contributed by atoms with Gasteiger partial charge < -0.3 is 4.74 Å². The molecule has 0 amide bonds. The second-order valence-electron chi connectivity index (χ2n) is 13.0. The van der Waals surface area contributed by atoms with Crippen molar-refractivity contribution in [2.75, 3.05) is 0 Å². The van der Waals surface area contributed by atoms with Crippen molar-refractivity contribution in [3.8, 4) is 0 Å². The number of cyclic esters (lactones) is 1. The number of hydrogen-bond donors (Lipinski definition) is 0. The van der Waals surface area contributed by atoms with Crippen molar-refractivity contribution < 1.29 is 9.53 Å². The summed E-state index contributed by atoms with van der Waals surface area (Å²) in [4.78, 5) is 11.9. The van der Waals surface area contributed by atoms with Gasteiger partial charge in [-0.2, -0.15) is 0 Å². The number of unbranched alkanes of at least 4 members (excludes halogenated alkanes) is 25. The van der Waals surface area contributed by atoms with Crippen molar-refractivity contribution in [3.63, 3.8) is 0 Å². The molecule has 1 atom stereocenters. The summed E-state index contributed by atoms with van der Waals surface area (Å²) in [7, 11) is 0. The number of rotatable bonds is 32. The largest absolute Gasteiger partial charge is 0.430 e. The van der Waals surface area contributed by atoms with E-state index in [0.717, 1.165) is 18.6 Å². The van der Waals surface area contributed by atoms with Gasteiger partial charge in [-0.25, -0.2) is 0 Å². The first-order valence-electron chi connectivity index (χ1n) is 19.0. The van der Waals surface area contributed by atoms with E-state index in [2.05, 4.69) is 44.2 Å². The van der Waals surface area contributed by atoms with E-state index in [9.17, 15) is 4.79 Å². The van der Waals surface area contributed by atoms with Crippen LogP contribution in [0.25, 0.3) is 0 Å². The van der Waals surface area contributed by atoms with Gasteiger partial charge in [0, 0.05) is 0 Å². The Hall–Kier alpha value is -1.31. The van der Waals surface area contributed by atoms with E-state index in [1.54, 1.807) is 0 Å². The van der Waals surface area contributed by atoms with Gasteiger partial charge in [0.15, 0.2) is 0 Å². The summed E-state index contributed by atoms with van der Waals surface area (Å²) in [5.74, 6) is 1.07. The average Bonchev–Trinajstić information content (AvgIpc) is 2.99. The first-order chi connectivity index (χ1) is 20.8. The van der Waals surface area contributed by atoms with Crippen molar-refractivity contribution in [3.05, 3.63) is 36.1 Å². The van der Waals surface area contributed by atoms with Gasteiger partial charge in [-0.1, -0.05) is 173 Å². The molecule has 1 unspecified atom stereocenters. The molecule has 0 aromatic heterocycles. The minimum Gasteiger partial charge on any atom is -0.430 e. The van der Waals surface area contributed by atoms with Crippen LogP contribution in [0, 0.1) is 5.92 Å². The fourth-order valence-electron chi connectivity index (χ4n) is 6.01. The van der Waals surface area contributed by atoms with Gasteiger partial charge >= 0.3 is 5.97 Å². The van der Waals surface area contributed by atoms with Crippen LogP contribution >= 0.6 is 0 Å². The van der Waals surface area contributed by atoms with Gasteiger partial charge in [0.2, 0.25) is 0 Å². The average molecular weight is 585 g/mol. The maximum atomic E-state index is 11.9. The van der Waals surface area contributed by atoms with Crippen LogP contribution in [0.2, 0.25) is 0 Å². The Morgan fingerprint density at radius 1 is 0.452 bits per heavy atom. The maximum absolute atomic E-state index is 11.9. The molecule has 0 aromatic rings. The monoisotopic (exact) mass is 585 g/mol. The summed E-state index contributed by atoms with van der Waals surface area (Å²) in [5.41, 5.74) is 0. The molecule has 0 spiro atoms. The number of hydrogen-bond acceptors (Lipinski definition) is 2. The van der Waals surface area contributed by atoms with Crippen molar-refractivity contribution in [1.82, 2.24) is 0 Å². The summed E-state index contributed by atoms with van der Waals surface area (Å²) in [6.45, 7) is 4.49. The zero-order chi connectivity index (χ0) is 30.2. The highest BCUT2D eigenvalue weighted by atomic mass is 16.6. The summed E-state index contributed by atoms with van der Waals surface area (Å²) in [6.07, 6.45) is 51.3. The van der Waals surface area contributed by atoms with Crippen LogP contribution in [-0.2, 0) is 9.53 Å². The van der Waals surface area contributed by atoms with Crippen LogP contribution in [-0.4, -0.2) is 5.97 Å². The Morgan fingerprint density at radius 3 is 1.17 bits per heavy atom. The lowest BCUT2D eigenvalue weighted by Gasteiger charge is -2.28. The highest BCUT2D eigenvalue weighted by Crippen LogP contribution is 2.32. The van der Waals surface area contributed by atoms with Crippen LogP contribution in [0.15, 0.2) is 36.1 Å². The molecule has 0 aromatic carbocycles. The van der Waals surface area contributed by atoms with Crippen LogP contribution in [0.3, 0.4) is 0 Å². The predicted octanol–water partition coefficient (Wildman–Crippen LogP) is 13.9. The normalized spacial score (nSPS) is 16.2. The lowest BCUT2D eigenvalue weighted by molar-refractivity contribution is -0.157. The number of carbonyl (C=O) groups is 1. The van der Waals surface area contributed by atoms with Gasteiger partial charge in [0.1, 0.15) is 11.7 Å². The van der Waals surface area contributed by atoms with E-state index >= 15 is 0 Å². The molecule has 1 saturated heterocycles. The lowest BCUT2D eigenvalue weighted by Crippen LogP contribution is -2.32. The Kier molecular flexibility index (Phi) is 28.7. The summed E-state index contributed by atoms with van der Waals surface area (Å²) in [5, 5.41) is 0. The molecule has 1 aliphatic rings. The fourth-order valence-corrected chi connectivity index (χ4v) is 6.01. The first-order valence-corrected chi connectivity index (χ1v) is 19.0. The zero-order valence-corrected chi connectivity index (χ0v) is 28.5. The van der Waals surface area contributed by atoms with Gasteiger partial charge in [-0.05, 0) is 63.9 Å². The van der Waals surface area contributed by atoms with E-state index in [4.69, 9.17) is 4.74 Å². The summed E-state index contributed by atoms with van der Waals surface area (Å²) >= 11 is 0. The Morgan fingerprint density at radius 2 is 0.786 bits per heavy atom. The second-order valence-corrected chi connectivity index (χ2v) is 13.0. The fraction of sp³-hybridized carbons (Fsp3) is 0.825. The SMILES string of the molecule is CCC/C=C/CCCCCCCCCCCCC/C=C1/OC(=O)C1CCCCCCCCCCCCC/C=C/CCC. The molecule has 0 N–H and O–H groups in total. The summed E-state index contributed by atoms with van der Waals surface area (Å²) in [6, 6.07) is 0. The highest BCUT2D eigenvalue weighted by molar-refractivity contribution is 5.82. The quantitative estimate of drug-likeness (QED) is 0.0446. The second kappa shape index (κ2) is 31.1. The molecule has 0 saturated carbocycles. The molecule has 2 nitrogen and oxygen atoms in total. The van der Waals surface area contributed by atoms with E-state index < -0.39 is 0 Å². The molecule has 1 rings (SSSR count). The molecule has 0 aliphatic carbocycles. The van der Waals surface area contributed by atoms with Crippen molar-refractivity contribution in [2.45, 2.75) is 206 Å². The van der Waals surface area contributed by atoms with Crippen molar-refractivity contribution in [2.24, 2.45) is 5.92 Å². The molecule has 0 bridgehead atoms. The van der Waals surface area contributed by atoms with E-state index in [-0.39, 0.29) is 11.9 Å². The number of ether oxygens (including phenoxy) is 1. The standard InChI is InChI=1S/C40H72O2/c1-3-5-7-9-11-13-15-17-19-21-23-25-27-29-31-33-35-37-39-38(40(41)42-39)36-34-32-30-28-26-24-22-20-18-16-14-12-10-8-6-4-2/h7-10,37-38H,3-6,11-36H2,1-2H3/b9-7+,10-8+,39-37+. The van der Waals surface area contributed by atoms with Crippen LogP contribution < -0.4 is 0 Å². The molecular formula is C40H72O2. The van der Waals surface area contributed by atoms with Crippen LogP contribution in [0.4, 0.5) is 0 Å². The smallest absolute Gasteiger partial charge is 0.321 e. The van der Waals surface area contributed by atoms with Crippen molar-refractivity contribution in [1.29, 1.82) is 0 Å². The van der Waals surface area contributed by atoms with E-state index in [0.29, 0.717) is 0 Å². The first kappa shape index (κ1) is 38.7. The number of carbonyl (C=O) groups excluding carboxylic acids is 1. The number of esters is 1. The zero-order valence-electron chi connectivity index (χ0n) is 28.5. The molecule has 0 radical (unpaired) electrons. The molecule has 42 heavy (non-hydrogen) atoms. The van der Waals surface area contributed by atoms with Gasteiger partial charge in [-0.15, -0.1) is 0 Å². The Labute approximate surface area is 263 Å². The predicted molar refractivity (Wildman–Crippen MR) is 186 cm³/mol. The minimum atomic E-state index is 0.0158. The Bertz CT molecular complexity index is 673. The van der Waals surface area contributed by atoms with E-state index in [1.807, 2.05) is 0 Å². The molecule has 244 valence electrons. The van der Waals surface area contributed by atoms with Gasteiger partial charge in [-0.3, -0.25) is 4.79 Å².